The van der Waals surface area contributed by atoms with Gasteiger partial charge in [-0.25, -0.2) is 4.99 Å². The third-order valence-electron chi connectivity index (χ3n) is 3.52. The van der Waals surface area contributed by atoms with Crippen LogP contribution in [0.2, 0.25) is 0 Å². The van der Waals surface area contributed by atoms with Crippen molar-refractivity contribution in [3.05, 3.63) is 59.7 Å². The Kier molecular flexibility index (Phi) is 8.91. The predicted octanol–water partition coefficient (Wildman–Crippen LogP) is 3.01. The molecule has 26 heavy (non-hydrogen) atoms. The highest BCUT2D eigenvalue weighted by molar-refractivity contribution is 14.0. The third kappa shape index (κ3) is 7.30. The third-order valence-corrected chi connectivity index (χ3v) is 3.52. The van der Waals surface area contributed by atoms with Gasteiger partial charge in [0.15, 0.2) is 12.6 Å². The Morgan fingerprint density at radius 3 is 2.54 bits per heavy atom. The van der Waals surface area contributed by atoms with Crippen LogP contribution in [0.25, 0.3) is 0 Å². The second-order valence-corrected chi connectivity index (χ2v) is 5.92. The fourth-order valence-electron chi connectivity index (χ4n) is 2.01. The van der Waals surface area contributed by atoms with E-state index < -0.39 is 0 Å². The van der Waals surface area contributed by atoms with E-state index in [0.29, 0.717) is 18.3 Å². The zero-order valence-corrected chi connectivity index (χ0v) is 17.6. The molecule has 2 aromatic rings. The Morgan fingerprint density at radius 2 is 1.88 bits per heavy atom. The Bertz CT molecular complexity index is 745. The first-order valence-corrected chi connectivity index (χ1v) is 7.99. The first kappa shape index (κ1) is 21.8. The largest absolute Gasteiger partial charge is 0.484 e. The number of aliphatic imine (C=N–C) groups is 1. The van der Waals surface area contributed by atoms with Gasteiger partial charge in [0, 0.05) is 19.8 Å². The number of carbonyl (C=O) groups excluding carboxylic acids is 1. The molecule has 0 unspecified atom stereocenters. The normalized spacial score (nSPS) is 10.7. The quantitative estimate of drug-likeness (QED) is 0.388. The van der Waals surface area contributed by atoms with E-state index in [4.69, 9.17) is 10.5 Å². The van der Waals surface area contributed by atoms with E-state index >= 15 is 0 Å². The van der Waals surface area contributed by atoms with Crippen molar-refractivity contribution in [2.75, 3.05) is 26.0 Å². The zero-order chi connectivity index (χ0) is 18.2. The number of amides is 1. The zero-order valence-electron chi connectivity index (χ0n) is 15.2. The van der Waals surface area contributed by atoms with Crippen LogP contribution in [-0.2, 0) is 11.3 Å². The molecule has 0 aliphatic heterocycles. The van der Waals surface area contributed by atoms with Crippen LogP contribution in [0.5, 0.6) is 5.75 Å². The summed E-state index contributed by atoms with van der Waals surface area (Å²) in [6, 6.07) is 15.4. The first-order chi connectivity index (χ1) is 11.9. The van der Waals surface area contributed by atoms with Gasteiger partial charge in [0.2, 0.25) is 0 Å². The highest BCUT2D eigenvalue weighted by Gasteiger charge is 2.05. The highest BCUT2D eigenvalue weighted by atomic mass is 127. The average molecular weight is 468 g/mol. The van der Waals surface area contributed by atoms with Crippen LogP contribution in [-0.4, -0.2) is 37.5 Å². The molecular formula is C19H25IN4O2. The Morgan fingerprint density at radius 1 is 1.19 bits per heavy atom. The van der Waals surface area contributed by atoms with Crippen LogP contribution in [0, 0.1) is 6.92 Å². The van der Waals surface area contributed by atoms with Gasteiger partial charge >= 0.3 is 0 Å². The molecule has 0 atom stereocenters. The maximum Gasteiger partial charge on any atom is 0.259 e. The molecule has 0 aromatic heterocycles. The van der Waals surface area contributed by atoms with Gasteiger partial charge in [-0.2, -0.15) is 0 Å². The van der Waals surface area contributed by atoms with E-state index in [2.05, 4.69) is 10.3 Å². The number of nitrogens with one attached hydrogen (secondary N) is 1. The van der Waals surface area contributed by atoms with E-state index in [9.17, 15) is 4.79 Å². The van der Waals surface area contributed by atoms with Crippen molar-refractivity contribution in [2.24, 2.45) is 10.7 Å². The van der Waals surface area contributed by atoms with Crippen molar-refractivity contribution in [3.63, 3.8) is 0 Å². The summed E-state index contributed by atoms with van der Waals surface area (Å²) in [6.07, 6.45) is 0. The number of nitrogens with zero attached hydrogens (tertiary/aromatic N) is 2. The van der Waals surface area contributed by atoms with E-state index in [1.54, 1.807) is 14.1 Å². The molecule has 1 amide bonds. The molecule has 0 aliphatic rings. The number of benzene rings is 2. The fourth-order valence-corrected chi connectivity index (χ4v) is 2.01. The summed E-state index contributed by atoms with van der Waals surface area (Å²) in [5.74, 6) is 0.890. The van der Waals surface area contributed by atoms with Crippen LogP contribution in [0.1, 0.15) is 11.1 Å². The lowest BCUT2D eigenvalue weighted by molar-refractivity contribution is -0.130. The molecule has 0 bridgehead atoms. The van der Waals surface area contributed by atoms with E-state index in [1.807, 2.05) is 55.5 Å². The number of hydrogen-bond acceptors (Lipinski definition) is 3. The number of carbonyl (C=O) groups is 1. The summed E-state index contributed by atoms with van der Waals surface area (Å²) in [6.45, 7) is 2.46. The maximum atomic E-state index is 11.6. The van der Waals surface area contributed by atoms with Crippen LogP contribution in [0.4, 0.5) is 5.69 Å². The minimum absolute atomic E-state index is 0. The van der Waals surface area contributed by atoms with E-state index in [0.717, 1.165) is 11.3 Å². The van der Waals surface area contributed by atoms with Gasteiger partial charge in [0.05, 0.1) is 6.54 Å². The standard InChI is InChI=1S/C19H24N4O2.HI/c1-14-7-9-16(10-8-14)22-19(20)21-12-15-5-4-6-17(11-15)25-13-18(24)23(2)3;/h4-11H,12-13H2,1-3H3,(H3,20,21,22);1H. The minimum Gasteiger partial charge on any atom is -0.484 e. The molecule has 0 saturated heterocycles. The lowest BCUT2D eigenvalue weighted by Crippen LogP contribution is -2.27. The molecule has 0 saturated carbocycles. The molecule has 3 N–H and O–H groups in total. The number of ether oxygens (including phenoxy) is 1. The summed E-state index contributed by atoms with van der Waals surface area (Å²) in [7, 11) is 3.39. The van der Waals surface area contributed by atoms with Crippen molar-refractivity contribution >= 4 is 41.5 Å². The van der Waals surface area contributed by atoms with Gasteiger partial charge in [-0.15, -0.1) is 24.0 Å². The average Bonchev–Trinajstić information content (AvgIpc) is 2.60. The molecule has 0 aliphatic carbocycles. The Labute approximate surface area is 171 Å². The molecule has 0 spiro atoms. The smallest absolute Gasteiger partial charge is 0.259 e. The predicted molar refractivity (Wildman–Crippen MR) is 116 cm³/mol. The Balaban J connectivity index is 0.00000338. The minimum atomic E-state index is -0.0880. The SMILES string of the molecule is Cc1ccc(NC(N)=NCc2cccc(OCC(=O)N(C)C)c2)cc1.I. The lowest BCUT2D eigenvalue weighted by Gasteiger charge is -2.11. The molecule has 140 valence electrons. The molecule has 2 rings (SSSR count). The molecular weight excluding hydrogens is 443 g/mol. The number of aryl methyl sites for hydroxylation is 1. The summed E-state index contributed by atoms with van der Waals surface area (Å²) in [5, 5.41) is 3.05. The van der Waals surface area contributed by atoms with Gasteiger partial charge < -0.3 is 20.7 Å². The number of anilines is 1. The number of likely N-dealkylation sites (N-methyl/N-ethyl adjacent to an activating group) is 1. The topological polar surface area (TPSA) is 80.0 Å². The van der Waals surface area contributed by atoms with Crippen LogP contribution in [0.3, 0.4) is 0 Å². The molecule has 0 fully saturated rings. The van der Waals surface area contributed by atoms with Crippen molar-refractivity contribution in [1.29, 1.82) is 0 Å². The van der Waals surface area contributed by atoms with E-state index in [-0.39, 0.29) is 36.5 Å². The molecule has 6 nitrogen and oxygen atoms in total. The number of guanidine groups is 1. The second-order valence-electron chi connectivity index (χ2n) is 5.92. The number of halogens is 1. The van der Waals surface area contributed by atoms with Crippen molar-refractivity contribution < 1.29 is 9.53 Å². The van der Waals surface area contributed by atoms with Crippen molar-refractivity contribution in [3.8, 4) is 5.75 Å². The van der Waals surface area contributed by atoms with Crippen molar-refractivity contribution in [1.82, 2.24) is 4.90 Å². The molecule has 0 radical (unpaired) electrons. The maximum absolute atomic E-state index is 11.6. The second kappa shape index (κ2) is 10.6. The number of hydrogen-bond donors (Lipinski definition) is 2. The number of nitrogens with two attached hydrogens (primary N) is 1. The van der Waals surface area contributed by atoms with Gasteiger partial charge in [0.25, 0.3) is 5.91 Å². The summed E-state index contributed by atoms with van der Waals surface area (Å²) in [5.41, 5.74) is 8.95. The summed E-state index contributed by atoms with van der Waals surface area (Å²) < 4.78 is 5.50. The molecule has 7 heteroatoms. The highest BCUT2D eigenvalue weighted by Crippen LogP contribution is 2.14. The van der Waals surface area contributed by atoms with E-state index in [1.165, 1.54) is 10.5 Å². The van der Waals surface area contributed by atoms with Gasteiger partial charge in [-0.05, 0) is 36.8 Å². The molecule has 0 heterocycles. The molecule has 2 aromatic carbocycles. The van der Waals surface area contributed by atoms with Crippen molar-refractivity contribution in [2.45, 2.75) is 13.5 Å². The van der Waals surface area contributed by atoms with Crippen LogP contribution >= 0.6 is 24.0 Å². The van der Waals surface area contributed by atoms with Gasteiger partial charge in [-0.1, -0.05) is 29.8 Å². The van der Waals surface area contributed by atoms with Gasteiger partial charge in [0.1, 0.15) is 5.75 Å². The Hall–Kier alpha value is -2.29. The van der Waals surface area contributed by atoms with Crippen LogP contribution in [0.15, 0.2) is 53.5 Å². The van der Waals surface area contributed by atoms with Gasteiger partial charge in [-0.3, -0.25) is 4.79 Å². The summed E-state index contributed by atoms with van der Waals surface area (Å²) >= 11 is 0. The lowest BCUT2D eigenvalue weighted by atomic mass is 10.2. The monoisotopic (exact) mass is 468 g/mol. The number of rotatable bonds is 6. The fraction of sp³-hybridized carbons (Fsp3) is 0.263. The van der Waals surface area contributed by atoms with Crippen LogP contribution < -0.4 is 15.8 Å². The first-order valence-electron chi connectivity index (χ1n) is 7.99. The summed E-state index contributed by atoms with van der Waals surface area (Å²) in [4.78, 5) is 17.4.